The van der Waals surface area contributed by atoms with Crippen LogP contribution in [0.1, 0.15) is 12.5 Å². The lowest BCUT2D eigenvalue weighted by atomic mass is 10.2. The summed E-state index contributed by atoms with van der Waals surface area (Å²) in [4.78, 5) is 21.3. The third kappa shape index (κ3) is 6.31. The molecule has 19 heavy (non-hydrogen) atoms. The van der Waals surface area contributed by atoms with Crippen LogP contribution in [0.3, 0.4) is 0 Å². The van der Waals surface area contributed by atoms with Gasteiger partial charge >= 0.3 is 5.97 Å². The molecule has 0 aliphatic carbocycles. The van der Waals surface area contributed by atoms with Crippen molar-refractivity contribution in [1.82, 2.24) is 0 Å². The van der Waals surface area contributed by atoms with Crippen LogP contribution in [0.15, 0.2) is 24.3 Å². The molecule has 0 saturated heterocycles. The summed E-state index contributed by atoms with van der Waals surface area (Å²) in [5.74, 6) is -0.0999. The molecule has 0 aliphatic heterocycles. The maximum Gasteiger partial charge on any atom is 0.341 e. The first-order valence-electron chi connectivity index (χ1n) is 5.43. The smallest absolute Gasteiger partial charge is 0.341 e. The summed E-state index contributed by atoms with van der Waals surface area (Å²) in [5, 5.41) is 9.11. The fourth-order valence-electron chi connectivity index (χ4n) is 1.25. The molecule has 0 heterocycles. The highest BCUT2D eigenvalue weighted by Gasteiger charge is 2.05. The average Bonchev–Trinajstić information content (AvgIpc) is 2.33. The van der Waals surface area contributed by atoms with Gasteiger partial charge in [0.05, 0.1) is 0 Å². The van der Waals surface area contributed by atoms with E-state index in [4.69, 9.17) is 21.4 Å². The Morgan fingerprint density at radius 1 is 1.47 bits per heavy atom. The lowest BCUT2D eigenvalue weighted by Gasteiger charge is -2.07. The minimum atomic E-state index is -1.05. The molecule has 0 fully saturated rings. The average molecular weight is 301 g/mol. The number of halogens is 1. The third-order valence-corrected chi connectivity index (χ3v) is 3.01. The Labute approximate surface area is 120 Å². The van der Waals surface area contributed by atoms with E-state index in [2.05, 4.69) is 0 Å². The van der Waals surface area contributed by atoms with Gasteiger partial charge in [-0.15, -0.1) is 0 Å². The SMILES string of the molecule is CC(=O)SCC=Cc1ccc(Cl)cc1OCC(=O)O. The largest absolute Gasteiger partial charge is 0.481 e. The number of carbonyl (C=O) groups is 2. The van der Waals surface area contributed by atoms with Gasteiger partial charge in [0.2, 0.25) is 0 Å². The van der Waals surface area contributed by atoms with E-state index in [1.165, 1.54) is 18.7 Å². The normalized spacial score (nSPS) is 10.6. The van der Waals surface area contributed by atoms with E-state index in [0.717, 1.165) is 5.56 Å². The van der Waals surface area contributed by atoms with E-state index >= 15 is 0 Å². The van der Waals surface area contributed by atoms with E-state index in [1.807, 2.05) is 6.08 Å². The van der Waals surface area contributed by atoms with Crippen LogP contribution in [-0.2, 0) is 9.59 Å². The highest BCUT2D eigenvalue weighted by atomic mass is 35.5. The first kappa shape index (κ1) is 15.6. The molecule has 0 atom stereocenters. The van der Waals surface area contributed by atoms with Crippen molar-refractivity contribution >= 4 is 40.5 Å². The molecule has 6 heteroatoms. The maximum absolute atomic E-state index is 10.8. The predicted molar refractivity (Wildman–Crippen MR) is 76.8 cm³/mol. The highest BCUT2D eigenvalue weighted by molar-refractivity contribution is 8.13. The lowest BCUT2D eigenvalue weighted by molar-refractivity contribution is -0.139. The zero-order valence-electron chi connectivity index (χ0n) is 10.3. The second kappa shape index (κ2) is 7.86. The van der Waals surface area contributed by atoms with Gasteiger partial charge in [0.1, 0.15) is 5.75 Å². The number of aliphatic carboxylic acids is 1. The summed E-state index contributed by atoms with van der Waals surface area (Å²) in [5.41, 5.74) is 0.717. The summed E-state index contributed by atoms with van der Waals surface area (Å²) in [6.07, 6.45) is 3.58. The molecule has 0 bridgehead atoms. The van der Waals surface area contributed by atoms with Gasteiger partial charge in [0, 0.05) is 23.3 Å². The van der Waals surface area contributed by atoms with Crippen LogP contribution in [0.2, 0.25) is 5.02 Å². The molecule has 1 aromatic rings. The summed E-state index contributed by atoms with van der Waals surface area (Å²) in [6.45, 7) is 1.07. The number of rotatable bonds is 6. The topological polar surface area (TPSA) is 63.6 Å². The zero-order chi connectivity index (χ0) is 14.3. The molecule has 0 aromatic heterocycles. The molecule has 0 radical (unpaired) electrons. The van der Waals surface area contributed by atoms with Crippen molar-refractivity contribution in [3.63, 3.8) is 0 Å². The number of ether oxygens (including phenoxy) is 1. The number of carbonyl (C=O) groups excluding carboxylic acids is 1. The second-order valence-corrected chi connectivity index (χ2v) is 5.20. The standard InChI is InChI=1S/C13H13ClO4S/c1-9(15)19-6-2-3-10-4-5-11(14)7-12(10)18-8-13(16)17/h2-5,7H,6,8H2,1H3,(H,16,17). The van der Waals surface area contributed by atoms with Gasteiger partial charge in [-0.1, -0.05) is 35.5 Å². The molecule has 1 N–H and O–H groups in total. The molecule has 0 aliphatic rings. The summed E-state index contributed by atoms with van der Waals surface area (Å²) >= 11 is 7.03. The Morgan fingerprint density at radius 3 is 2.84 bits per heavy atom. The van der Waals surface area contributed by atoms with Gasteiger partial charge in [-0.2, -0.15) is 0 Å². The minimum Gasteiger partial charge on any atom is -0.481 e. The van der Waals surface area contributed by atoms with E-state index in [0.29, 0.717) is 16.5 Å². The van der Waals surface area contributed by atoms with E-state index in [-0.39, 0.29) is 5.12 Å². The molecule has 0 saturated carbocycles. The van der Waals surface area contributed by atoms with E-state index in [1.54, 1.807) is 24.3 Å². The Kier molecular flexibility index (Phi) is 6.45. The van der Waals surface area contributed by atoms with Crippen molar-refractivity contribution in [2.24, 2.45) is 0 Å². The van der Waals surface area contributed by atoms with Crippen LogP contribution in [0, 0.1) is 0 Å². The molecule has 0 unspecified atom stereocenters. The third-order valence-electron chi connectivity index (χ3n) is 2.01. The van der Waals surface area contributed by atoms with Crippen molar-refractivity contribution < 1.29 is 19.4 Å². The molecule has 1 rings (SSSR count). The summed E-state index contributed by atoms with van der Waals surface area (Å²) < 4.78 is 5.15. The highest BCUT2D eigenvalue weighted by Crippen LogP contribution is 2.24. The number of carboxylic acid groups (broad SMARTS) is 1. The van der Waals surface area contributed by atoms with Crippen molar-refractivity contribution in [2.45, 2.75) is 6.92 Å². The molecule has 1 aromatic carbocycles. The Balaban J connectivity index is 2.75. The van der Waals surface area contributed by atoms with Crippen LogP contribution in [-0.4, -0.2) is 28.6 Å². The molecule has 102 valence electrons. The Hall–Kier alpha value is -1.46. The van der Waals surface area contributed by atoms with Crippen LogP contribution >= 0.6 is 23.4 Å². The number of hydrogen-bond donors (Lipinski definition) is 1. The van der Waals surface area contributed by atoms with Crippen molar-refractivity contribution in [2.75, 3.05) is 12.4 Å². The first-order valence-corrected chi connectivity index (χ1v) is 6.79. The zero-order valence-corrected chi connectivity index (χ0v) is 11.8. The quantitative estimate of drug-likeness (QED) is 0.874. The molecule has 0 amide bonds. The fraction of sp³-hybridized carbons (Fsp3) is 0.231. The van der Waals surface area contributed by atoms with Gasteiger partial charge in [0.25, 0.3) is 0 Å². The first-order chi connectivity index (χ1) is 8.99. The number of carboxylic acids is 1. The minimum absolute atomic E-state index is 0.0445. The Bertz CT molecular complexity index is 499. The van der Waals surface area contributed by atoms with Crippen LogP contribution in [0.25, 0.3) is 6.08 Å². The fourth-order valence-corrected chi connectivity index (χ4v) is 1.84. The van der Waals surface area contributed by atoms with Crippen molar-refractivity contribution in [3.05, 3.63) is 34.9 Å². The molecule has 0 spiro atoms. The maximum atomic E-state index is 10.8. The lowest BCUT2D eigenvalue weighted by Crippen LogP contribution is -2.10. The summed E-state index contributed by atoms with van der Waals surface area (Å²) in [7, 11) is 0. The predicted octanol–water partition coefficient (Wildman–Crippen LogP) is 3.10. The van der Waals surface area contributed by atoms with Crippen LogP contribution < -0.4 is 4.74 Å². The van der Waals surface area contributed by atoms with Gasteiger partial charge in [-0.05, 0) is 18.2 Å². The van der Waals surface area contributed by atoms with Gasteiger partial charge in [-0.25, -0.2) is 4.79 Å². The number of benzene rings is 1. The van der Waals surface area contributed by atoms with Crippen molar-refractivity contribution in [3.8, 4) is 5.75 Å². The van der Waals surface area contributed by atoms with E-state index in [9.17, 15) is 9.59 Å². The summed E-state index contributed by atoms with van der Waals surface area (Å²) in [6, 6.07) is 4.98. The Morgan fingerprint density at radius 2 is 2.21 bits per heavy atom. The molecular weight excluding hydrogens is 288 g/mol. The molecule has 4 nitrogen and oxygen atoms in total. The van der Waals surface area contributed by atoms with E-state index < -0.39 is 12.6 Å². The number of thioether (sulfide) groups is 1. The molecular formula is C13H13ClO4S. The van der Waals surface area contributed by atoms with Gasteiger partial charge in [-0.3, -0.25) is 4.79 Å². The van der Waals surface area contributed by atoms with Crippen LogP contribution in [0.5, 0.6) is 5.75 Å². The van der Waals surface area contributed by atoms with Crippen molar-refractivity contribution in [1.29, 1.82) is 0 Å². The van der Waals surface area contributed by atoms with Gasteiger partial charge < -0.3 is 9.84 Å². The monoisotopic (exact) mass is 300 g/mol. The second-order valence-electron chi connectivity index (χ2n) is 3.57. The van der Waals surface area contributed by atoms with Crippen LogP contribution in [0.4, 0.5) is 0 Å². The van der Waals surface area contributed by atoms with Gasteiger partial charge in [0.15, 0.2) is 11.7 Å². The number of hydrogen-bond acceptors (Lipinski definition) is 4.